The number of sulfonamides is 1. The number of quaternary nitrogens is 1. The Morgan fingerprint density at radius 3 is 2.19 bits per heavy atom. The Kier molecular flexibility index (Phi) is 6.08. The first-order valence-corrected chi connectivity index (χ1v) is 10.5. The zero-order chi connectivity index (χ0) is 18.1. The van der Waals surface area contributed by atoms with E-state index in [0.29, 0.717) is 31.1 Å². The Bertz CT molecular complexity index is 1050. The number of nitrogens with one attached hydrogen (secondary N) is 1. The lowest BCUT2D eigenvalue weighted by molar-refractivity contribution is -0.837. The van der Waals surface area contributed by atoms with Crippen molar-refractivity contribution >= 4 is 38.1 Å². The van der Waals surface area contributed by atoms with Gasteiger partial charge in [-0.05, 0) is 29.0 Å². The molecule has 1 aliphatic rings. The van der Waals surface area contributed by atoms with Crippen LogP contribution in [-0.4, -0.2) is 38.9 Å². The third-order valence-corrected chi connectivity index (χ3v) is 7.16. The molecule has 4 rings (SSSR count). The maximum atomic E-state index is 13.0. The van der Waals surface area contributed by atoms with Crippen molar-refractivity contribution in [2.45, 2.75) is 4.90 Å². The molecule has 0 bridgehead atoms. The van der Waals surface area contributed by atoms with E-state index in [0.717, 1.165) is 21.5 Å². The number of halogens is 2. The van der Waals surface area contributed by atoms with Crippen LogP contribution in [0.3, 0.4) is 0 Å². The number of fused-ring (bicyclic) bond motifs is 1. The fraction of sp³-hybridized carbons (Fsp3) is 0.200. The molecular formula is C20H20Cl2N2O2S. The quantitative estimate of drug-likeness (QED) is 0.630. The molecule has 3 aromatic rings. The van der Waals surface area contributed by atoms with Crippen molar-refractivity contribution in [1.29, 1.82) is 0 Å². The first-order chi connectivity index (χ1) is 12.6. The van der Waals surface area contributed by atoms with Crippen LogP contribution >= 0.6 is 11.6 Å². The van der Waals surface area contributed by atoms with Gasteiger partial charge in [-0.25, -0.2) is 8.42 Å². The molecule has 4 nitrogen and oxygen atoms in total. The summed E-state index contributed by atoms with van der Waals surface area (Å²) in [5.41, 5.74) is 1.04. The van der Waals surface area contributed by atoms with Crippen LogP contribution < -0.4 is 17.3 Å². The lowest BCUT2D eigenvalue weighted by Crippen LogP contribution is -3.10. The molecule has 1 aliphatic heterocycles. The van der Waals surface area contributed by atoms with E-state index >= 15 is 0 Å². The highest BCUT2D eigenvalue weighted by atomic mass is 35.5. The number of hydrogen-bond acceptors (Lipinski definition) is 2. The van der Waals surface area contributed by atoms with Gasteiger partial charge in [-0.15, -0.1) is 0 Å². The molecule has 1 N–H and O–H groups in total. The SMILES string of the molecule is O=S(=O)(c1ccc2ccccc2c1)N1CC[NH+](c2ccccc2Cl)CC1.[Cl-]. The van der Waals surface area contributed by atoms with Gasteiger partial charge in [0.2, 0.25) is 10.0 Å². The number of benzene rings is 3. The fourth-order valence-corrected chi connectivity index (χ4v) is 5.24. The van der Waals surface area contributed by atoms with Crippen LogP contribution in [0.1, 0.15) is 0 Å². The molecule has 0 radical (unpaired) electrons. The third kappa shape index (κ3) is 3.98. The summed E-state index contributed by atoms with van der Waals surface area (Å²) in [6, 6.07) is 20.9. The summed E-state index contributed by atoms with van der Waals surface area (Å²) in [5.74, 6) is 0. The van der Waals surface area contributed by atoms with E-state index in [9.17, 15) is 8.42 Å². The topological polar surface area (TPSA) is 41.8 Å². The minimum atomic E-state index is -3.48. The second kappa shape index (κ2) is 8.17. The Labute approximate surface area is 170 Å². The van der Waals surface area contributed by atoms with Crippen molar-refractivity contribution in [3.05, 3.63) is 71.8 Å². The Hall–Kier alpha value is -1.63. The molecule has 1 heterocycles. The molecular weight excluding hydrogens is 403 g/mol. The van der Waals surface area contributed by atoms with Crippen molar-refractivity contribution in [3.8, 4) is 0 Å². The van der Waals surface area contributed by atoms with Crippen LogP contribution in [-0.2, 0) is 10.0 Å². The minimum Gasteiger partial charge on any atom is -1.00 e. The average Bonchev–Trinajstić information content (AvgIpc) is 2.68. The maximum absolute atomic E-state index is 13.0. The number of hydrogen-bond donors (Lipinski definition) is 1. The predicted molar refractivity (Wildman–Crippen MR) is 105 cm³/mol. The lowest BCUT2D eigenvalue weighted by atomic mass is 10.1. The van der Waals surface area contributed by atoms with Gasteiger partial charge in [-0.3, -0.25) is 4.90 Å². The molecule has 1 fully saturated rings. The second-order valence-electron chi connectivity index (χ2n) is 6.50. The number of piperazine rings is 1. The van der Waals surface area contributed by atoms with Crippen LogP contribution in [0.5, 0.6) is 0 Å². The summed E-state index contributed by atoms with van der Waals surface area (Å²) in [5, 5.41) is 2.71. The van der Waals surface area contributed by atoms with Gasteiger partial charge in [-0.2, -0.15) is 4.31 Å². The van der Waals surface area contributed by atoms with E-state index in [2.05, 4.69) is 0 Å². The lowest BCUT2D eigenvalue weighted by Gasteiger charge is -2.31. The van der Waals surface area contributed by atoms with E-state index in [1.165, 1.54) is 4.90 Å². The van der Waals surface area contributed by atoms with Crippen molar-refractivity contribution in [2.75, 3.05) is 26.2 Å². The molecule has 27 heavy (non-hydrogen) atoms. The molecule has 1 saturated heterocycles. The predicted octanol–water partition coefficient (Wildman–Crippen LogP) is -0.282. The highest BCUT2D eigenvalue weighted by Gasteiger charge is 2.31. The minimum absolute atomic E-state index is 0. The van der Waals surface area contributed by atoms with Gasteiger partial charge < -0.3 is 12.4 Å². The standard InChI is InChI=1S/C20H19ClN2O2S.ClH/c21-19-7-3-4-8-20(19)22-11-13-23(14-12-22)26(24,25)18-10-9-16-5-1-2-6-17(16)15-18;/h1-10,15H,11-14H2;1H. The van der Waals surface area contributed by atoms with Crippen LogP contribution in [0, 0.1) is 0 Å². The van der Waals surface area contributed by atoms with Crippen LogP contribution in [0.25, 0.3) is 10.8 Å². The average molecular weight is 423 g/mol. The normalized spacial score (nSPS) is 16.2. The third-order valence-electron chi connectivity index (χ3n) is 4.94. The molecule has 0 spiro atoms. The van der Waals surface area contributed by atoms with Crippen molar-refractivity contribution in [2.24, 2.45) is 0 Å². The number of para-hydroxylation sites is 1. The molecule has 0 amide bonds. The maximum Gasteiger partial charge on any atom is 0.243 e. The van der Waals surface area contributed by atoms with Crippen LogP contribution in [0.2, 0.25) is 5.02 Å². The monoisotopic (exact) mass is 422 g/mol. The summed E-state index contributed by atoms with van der Waals surface area (Å²) in [6.07, 6.45) is 0. The molecule has 3 aromatic carbocycles. The zero-order valence-corrected chi connectivity index (χ0v) is 16.9. The first kappa shape index (κ1) is 20.1. The highest BCUT2D eigenvalue weighted by molar-refractivity contribution is 7.89. The summed E-state index contributed by atoms with van der Waals surface area (Å²) in [6.45, 7) is 2.37. The Balaban J connectivity index is 0.00000210. The van der Waals surface area contributed by atoms with E-state index in [4.69, 9.17) is 11.6 Å². The van der Waals surface area contributed by atoms with Gasteiger partial charge in [-0.1, -0.05) is 54.1 Å². The summed E-state index contributed by atoms with van der Waals surface area (Å²) >= 11 is 6.28. The number of rotatable bonds is 3. The molecule has 7 heteroatoms. The zero-order valence-electron chi connectivity index (χ0n) is 14.6. The van der Waals surface area contributed by atoms with Crippen molar-refractivity contribution < 1.29 is 25.7 Å². The molecule has 0 aliphatic carbocycles. The van der Waals surface area contributed by atoms with Crippen LogP contribution in [0.4, 0.5) is 5.69 Å². The largest absolute Gasteiger partial charge is 1.00 e. The van der Waals surface area contributed by atoms with Gasteiger partial charge in [0, 0.05) is 6.07 Å². The fourth-order valence-electron chi connectivity index (χ4n) is 3.49. The van der Waals surface area contributed by atoms with Crippen LogP contribution in [0.15, 0.2) is 71.6 Å². The van der Waals surface area contributed by atoms with Gasteiger partial charge >= 0.3 is 0 Å². The smallest absolute Gasteiger partial charge is 0.243 e. The van der Waals surface area contributed by atoms with Gasteiger partial charge in [0.25, 0.3) is 0 Å². The second-order valence-corrected chi connectivity index (χ2v) is 8.84. The first-order valence-electron chi connectivity index (χ1n) is 8.64. The molecule has 0 saturated carbocycles. The van der Waals surface area contributed by atoms with E-state index < -0.39 is 10.0 Å². The van der Waals surface area contributed by atoms with Crippen molar-refractivity contribution in [1.82, 2.24) is 4.31 Å². The van der Waals surface area contributed by atoms with E-state index in [-0.39, 0.29) is 12.4 Å². The summed E-state index contributed by atoms with van der Waals surface area (Å²) in [4.78, 5) is 1.58. The Morgan fingerprint density at radius 1 is 0.852 bits per heavy atom. The molecule has 0 aromatic heterocycles. The number of nitrogens with zero attached hydrogens (tertiary/aromatic N) is 1. The highest BCUT2D eigenvalue weighted by Crippen LogP contribution is 2.22. The van der Waals surface area contributed by atoms with E-state index in [1.807, 2.05) is 54.6 Å². The summed E-state index contributed by atoms with van der Waals surface area (Å²) in [7, 11) is -3.48. The van der Waals surface area contributed by atoms with Gasteiger partial charge in [0.05, 0.1) is 31.1 Å². The molecule has 142 valence electrons. The Morgan fingerprint density at radius 2 is 1.48 bits per heavy atom. The van der Waals surface area contributed by atoms with Crippen molar-refractivity contribution in [3.63, 3.8) is 0 Å². The van der Waals surface area contributed by atoms with Gasteiger partial charge in [0.15, 0.2) is 0 Å². The molecule has 0 atom stereocenters. The van der Waals surface area contributed by atoms with Gasteiger partial charge in [0.1, 0.15) is 10.7 Å². The van der Waals surface area contributed by atoms with E-state index in [1.54, 1.807) is 16.4 Å². The summed E-state index contributed by atoms with van der Waals surface area (Å²) < 4.78 is 27.6. The molecule has 0 unspecified atom stereocenters.